The number of benzene rings is 1. The van der Waals surface area contributed by atoms with Crippen molar-refractivity contribution >= 4 is 15.9 Å². The summed E-state index contributed by atoms with van der Waals surface area (Å²) in [5.74, 6) is 0. The molecule has 2 nitrogen and oxygen atoms in total. The van der Waals surface area contributed by atoms with E-state index in [9.17, 15) is 0 Å². The van der Waals surface area contributed by atoms with Crippen LogP contribution in [0.25, 0.3) is 11.3 Å². The molecule has 70 valence electrons. The molecule has 0 saturated carbocycles. The maximum absolute atomic E-state index is 4.11. The Balaban J connectivity index is 2.48. The Kier molecular flexibility index (Phi) is 2.59. The molecule has 1 aromatic heterocycles. The van der Waals surface area contributed by atoms with E-state index in [0.717, 1.165) is 21.4 Å². The first kappa shape index (κ1) is 9.34. The highest BCUT2D eigenvalue weighted by Gasteiger charge is 2.01. The van der Waals surface area contributed by atoms with E-state index in [-0.39, 0.29) is 0 Å². The molecule has 2 aromatic rings. The molecule has 0 saturated heterocycles. The Morgan fingerprint density at radius 2 is 1.79 bits per heavy atom. The number of aromatic nitrogens is 2. The molecule has 0 aliphatic rings. The van der Waals surface area contributed by atoms with E-state index in [1.54, 1.807) is 0 Å². The lowest BCUT2D eigenvalue weighted by Crippen LogP contribution is -1.90. The molecule has 0 aliphatic heterocycles. The van der Waals surface area contributed by atoms with Crippen molar-refractivity contribution < 1.29 is 0 Å². The number of hydrogen-bond acceptors (Lipinski definition) is 2. The van der Waals surface area contributed by atoms with Gasteiger partial charge in [-0.05, 0) is 34.5 Å². The van der Waals surface area contributed by atoms with Gasteiger partial charge in [-0.1, -0.05) is 30.3 Å². The number of nitrogens with zero attached hydrogens (tertiary/aromatic N) is 2. The minimum Gasteiger partial charge on any atom is -0.149 e. The van der Waals surface area contributed by atoms with Gasteiger partial charge in [0.2, 0.25) is 0 Å². The van der Waals surface area contributed by atoms with Crippen molar-refractivity contribution in [2.45, 2.75) is 6.92 Å². The van der Waals surface area contributed by atoms with Gasteiger partial charge in [0.1, 0.15) is 4.60 Å². The molecule has 2 rings (SSSR count). The zero-order chi connectivity index (χ0) is 9.97. The molecule has 0 amide bonds. The van der Waals surface area contributed by atoms with Crippen LogP contribution in [0.4, 0.5) is 0 Å². The third-order valence-electron chi connectivity index (χ3n) is 1.99. The second-order valence-electron chi connectivity index (χ2n) is 3.07. The molecule has 14 heavy (non-hydrogen) atoms. The van der Waals surface area contributed by atoms with Crippen LogP contribution in [0.3, 0.4) is 0 Å². The number of rotatable bonds is 1. The summed E-state index contributed by atoms with van der Waals surface area (Å²) >= 11 is 3.33. The smallest absolute Gasteiger partial charge is 0.131 e. The van der Waals surface area contributed by atoms with Crippen LogP contribution in [-0.4, -0.2) is 10.2 Å². The van der Waals surface area contributed by atoms with Crippen LogP contribution in [0, 0.1) is 6.92 Å². The summed E-state index contributed by atoms with van der Waals surface area (Å²) < 4.78 is 0.803. The molecule has 0 radical (unpaired) electrons. The summed E-state index contributed by atoms with van der Waals surface area (Å²) in [4.78, 5) is 0. The first-order chi connectivity index (χ1) is 6.77. The zero-order valence-electron chi connectivity index (χ0n) is 7.74. The van der Waals surface area contributed by atoms with E-state index in [4.69, 9.17) is 0 Å². The molecule has 1 heterocycles. The molecular weight excluding hydrogens is 240 g/mol. The van der Waals surface area contributed by atoms with Crippen LogP contribution in [0.15, 0.2) is 41.0 Å². The van der Waals surface area contributed by atoms with Crippen LogP contribution in [0.2, 0.25) is 0 Å². The van der Waals surface area contributed by atoms with E-state index in [1.165, 1.54) is 0 Å². The van der Waals surface area contributed by atoms with Crippen LogP contribution >= 0.6 is 15.9 Å². The van der Waals surface area contributed by atoms with Crippen molar-refractivity contribution in [2.75, 3.05) is 0 Å². The van der Waals surface area contributed by atoms with Gasteiger partial charge in [-0.3, -0.25) is 0 Å². The van der Waals surface area contributed by atoms with Gasteiger partial charge in [-0.15, -0.1) is 10.2 Å². The summed E-state index contributed by atoms with van der Waals surface area (Å²) in [7, 11) is 0. The molecule has 0 unspecified atom stereocenters. The third-order valence-corrected chi connectivity index (χ3v) is 2.78. The molecule has 0 spiro atoms. The molecule has 0 atom stereocenters. The highest BCUT2D eigenvalue weighted by Crippen LogP contribution is 2.19. The standard InChI is InChI=1S/C11H9BrN2/c1-8-7-10(13-14-11(8)12)9-5-3-2-4-6-9/h2-7H,1H3. The van der Waals surface area contributed by atoms with E-state index >= 15 is 0 Å². The van der Waals surface area contributed by atoms with Crippen LogP contribution in [0.1, 0.15) is 5.56 Å². The number of halogens is 1. The molecule has 0 bridgehead atoms. The number of aryl methyl sites for hydroxylation is 1. The summed E-state index contributed by atoms with van der Waals surface area (Å²) in [5, 5.41) is 8.13. The Labute approximate surface area is 91.1 Å². The average molecular weight is 249 g/mol. The van der Waals surface area contributed by atoms with Crippen LogP contribution in [0.5, 0.6) is 0 Å². The van der Waals surface area contributed by atoms with Gasteiger partial charge >= 0.3 is 0 Å². The van der Waals surface area contributed by atoms with Crippen molar-refractivity contribution in [1.29, 1.82) is 0 Å². The van der Waals surface area contributed by atoms with Gasteiger partial charge < -0.3 is 0 Å². The second-order valence-corrected chi connectivity index (χ2v) is 3.82. The van der Waals surface area contributed by atoms with Gasteiger partial charge in [0, 0.05) is 5.56 Å². The summed E-state index contributed by atoms with van der Waals surface area (Å²) in [6, 6.07) is 12.0. The minimum absolute atomic E-state index is 0.803. The maximum atomic E-state index is 4.11. The van der Waals surface area contributed by atoms with Crippen molar-refractivity contribution in [2.24, 2.45) is 0 Å². The van der Waals surface area contributed by atoms with E-state index < -0.39 is 0 Å². The fourth-order valence-electron chi connectivity index (χ4n) is 1.22. The summed E-state index contributed by atoms with van der Waals surface area (Å²) in [6.45, 7) is 2.01. The van der Waals surface area contributed by atoms with E-state index in [0.29, 0.717) is 0 Å². The predicted octanol–water partition coefficient (Wildman–Crippen LogP) is 3.21. The second kappa shape index (κ2) is 3.88. The Morgan fingerprint density at radius 1 is 1.07 bits per heavy atom. The van der Waals surface area contributed by atoms with Crippen LogP contribution in [-0.2, 0) is 0 Å². The maximum Gasteiger partial charge on any atom is 0.131 e. The molecular formula is C11H9BrN2. The van der Waals surface area contributed by atoms with Crippen molar-refractivity contribution in [1.82, 2.24) is 10.2 Å². The predicted molar refractivity (Wildman–Crippen MR) is 59.9 cm³/mol. The van der Waals surface area contributed by atoms with Crippen molar-refractivity contribution in [3.05, 3.63) is 46.6 Å². The Bertz CT molecular complexity index is 440. The normalized spacial score (nSPS) is 10.1. The van der Waals surface area contributed by atoms with Gasteiger partial charge in [0.15, 0.2) is 0 Å². The SMILES string of the molecule is Cc1cc(-c2ccccc2)nnc1Br. The van der Waals surface area contributed by atoms with E-state index in [2.05, 4.69) is 26.1 Å². The Hall–Kier alpha value is -1.22. The lowest BCUT2D eigenvalue weighted by Gasteiger charge is -2.01. The van der Waals surface area contributed by atoms with Gasteiger partial charge in [0.05, 0.1) is 5.69 Å². The highest BCUT2D eigenvalue weighted by molar-refractivity contribution is 9.10. The molecule has 0 N–H and O–H groups in total. The number of hydrogen-bond donors (Lipinski definition) is 0. The zero-order valence-corrected chi connectivity index (χ0v) is 9.32. The third kappa shape index (κ3) is 1.82. The van der Waals surface area contributed by atoms with Crippen molar-refractivity contribution in [3.63, 3.8) is 0 Å². The Morgan fingerprint density at radius 3 is 2.43 bits per heavy atom. The van der Waals surface area contributed by atoms with Crippen molar-refractivity contribution in [3.8, 4) is 11.3 Å². The summed E-state index contributed by atoms with van der Waals surface area (Å²) in [5.41, 5.74) is 3.10. The highest BCUT2D eigenvalue weighted by atomic mass is 79.9. The largest absolute Gasteiger partial charge is 0.149 e. The first-order valence-corrected chi connectivity index (χ1v) is 5.12. The minimum atomic E-state index is 0.803. The lowest BCUT2D eigenvalue weighted by molar-refractivity contribution is 0.993. The fourth-order valence-corrected chi connectivity index (χ4v) is 1.41. The quantitative estimate of drug-likeness (QED) is 0.775. The molecule has 0 aliphatic carbocycles. The van der Waals surface area contributed by atoms with Gasteiger partial charge in [-0.2, -0.15) is 0 Å². The topological polar surface area (TPSA) is 25.8 Å². The molecule has 3 heteroatoms. The fraction of sp³-hybridized carbons (Fsp3) is 0.0909. The first-order valence-electron chi connectivity index (χ1n) is 4.32. The van der Waals surface area contributed by atoms with E-state index in [1.807, 2.05) is 43.3 Å². The average Bonchev–Trinajstić information content (AvgIpc) is 2.23. The van der Waals surface area contributed by atoms with Crippen LogP contribution < -0.4 is 0 Å². The van der Waals surface area contributed by atoms with Gasteiger partial charge in [-0.25, -0.2) is 0 Å². The monoisotopic (exact) mass is 248 g/mol. The lowest BCUT2D eigenvalue weighted by atomic mass is 10.1. The summed E-state index contributed by atoms with van der Waals surface area (Å²) in [6.07, 6.45) is 0. The molecule has 1 aromatic carbocycles. The molecule has 0 fully saturated rings. The van der Waals surface area contributed by atoms with Gasteiger partial charge in [0.25, 0.3) is 0 Å².